The lowest BCUT2D eigenvalue weighted by Crippen LogP contribution is -2.16. The Labute approximate surface area is 123 Å². The van der Waals surface area contributed by atoms with Crippen molar-refractivity contribution in [3.8, 4) is 5.75 Å². The Bertz CT molecular complexity index is 685. The van der Waals surface area contributed by atoms with Gasteiger partial charge >= 0.3 is 11.6 Å². The fourth-order valence-electron chi connectivity index (χ4n) is 1.83. The van der Waals surface area contributed by atoms with Crippen LogP contribution in [0, 0.1) is 6.92 Å². The molecule has 1 aromatic heterocycles. The number of ether oxygens (including phenoxy) is 2. The molecule has 0 unspecified atom stereocenters. The molecule has 5 heteroatoms. The third-order valence-electron chi connectivity index (χ3n) is 2.75. The first-order valence-electron chi connectivity index (χ1n) is 6.86. The van der Waals surface area contributed by atoms with Crippen molar-refractivity contribution in [1.82, 2.24) is 0 Å². The van der Waals surface area contributed by atoms with E-state index in [4.69, 9.17) is 13.9 Å². The summed E-state index contributed by atoms with van der Waals surface area (Å²) in [5.41, 5.74) is 0.454. The number of benzene rings is 1. The summed E-state index contributed by atoms with van der Waals surface area (Å²) in [7, 11) is 1.54. The summed E-state index contributed by atoms with van der Waals surface area (Å²) in [5.74, 6) is -0.0499. The largest absolute Gasteiger partial charge is 0.496 e. The molecule has 0 N–H and O–H groups in total. The number of hydrogen-bond acceptors (Lipinski definition) is 5. The topological polar surface area (TPSA) is 65.7 Å². The van der Waals surface area contributed by atoms with Crippen molar-refractivity contribution in [3.63, 3.8) is 0 Å². The number of fused-ring (bicyclic) bond motifs is 1. The van der Waals surface area contributed by atoms with E-state index in [1.807, 2.05) is 20.8 Å². The second kappa shape index (κ2) is 7.47. The molecule has 2 rings (SSSR count). The Balaban J connectivity index is 0.00000106. The van der Waals surface area contributed by atoms with Crippen molar-refractivity contribution in [2.45, 2.75) is 27.7 Å². The molecule has 1 heterocycles. The van der Waals surface area contributed by atoms with E-state index >= 15 is 0 Å². The molecule has 21 heavy (non-hydrogen) atoms. The van der Waals surface area contributed by atoms with Gasteiger partial charge in [0.2, 0.25) is 0 Å². The molecule has 0 radical (unpaired) electrons. The van der Waals surface area contributed by atoms with Gasteiger partial charge in [0.1, 0.15) is 16.9 Å². The van der Waals surface area contributed by atoms with E-state index in [-0.39, 0.29) is 12.2 Å². The molecule has 5 nitrogen and oxygen atoms in total. The molecular formula is C16H20O5. The van der Waals surface area contributed by atoms with Crippen LogP contribution in [0.25, 0.3) is 11.0 Å². The molecule has 0 amide bonds. The van der Waals surface area contributed by atoms with Gasteiger partial charge in [0.05, 0.1) is 13.7 Å². The molecule has 0 atom stereocenters. The molecule has 0 aliphatic rings. The maximum Gasteiger partial charge on any atom is 0.351 e. The summed E-state index contributed by atoms with van der Waals surface area (Å²) < 4.78 is 15.1. The van der Waals surface area contributed by atoms with Crippen molar-refractivity contribution >= 4 is 16.9 Å². The third kappa shape index (κ3) is 3.62. The molecule has 0 aliphatic carbocycles. The highest BCUT2D eigenvalue weighted by Crippen LogP contribution is 2.24. The summed E-state index contributed by atoms with van der Waals surface area (Å²) in [6.07, 6.45) is 0. The average molecular weight is 292 g/mol. The van der Waals surface area contributed by atoms with Gasteiger partial charge in [-0.25, -0.2) is 9.59 Å². The highest BCUT2D eigenvalue weighted by atomic mass is 16.5. The second-order valence-corrected chi connectivity index (χ2v) is 4.03. The van der Waals surface area contributed by atoms with Crippen LogP contribution in [0.4, 0.5) is 0 Å². The predicted molar refractivity (Wildman–Crippen MR) is 81.1 cm³/mol. The Morgan fingerprint density at radius 3 is 2.48 bits per heavy atom. The number of carbonyl (C=O) groups excluding carboxylic acids is 1. The number of rotatable bonds is 3. The SMILES string of the molecule is CC.CCOC(=O)c1cc2cc(C)c(OC)cc2oc1=O. The minimum Gasteiger partial charge on any atom is -0.496 e. The predicted octanol–water partition coefficient (Wildman–Crippen LogP) is 3.31. The number of methoxy groups -OCH3 is 1. The van der Waals surface area contributed by atoms with Gasteiger partial charge in [0, 0.05) is 11.5 Å². The first-order chi connectivity index (χ1) is 10.1. The van der Waals surface area contributed by atoms with E-state index in [0.717, 1.165) is 5.56 Å². The van der Waals surface area contributed by atoms with Crippen LogP contribution in [-0.4, -0.2) is 19.7 Å². The highest BCUT2D eigenvalue weighted by Gasteiger charge is 2.15. The van der Waals surface area contributed by atoms with Crippen LogP contribution in [0.15, 0.2) is 27.4 Å². The highest BCUT2D eigenvalue weighted by molar-refractivity contribution is 5.93. The van der Waals surface area contributed by atoms with Crippen molar-refractivity contribution in [2.75, 3.05) is 13.7 Å². The van der Waals surface area contributed by atoms with Gasteiger partial charge in [0.15, 0.2) is 0 Å². The monoisotopic (exact) mass is 292 g/mol. The molecule has 0 aliphatic heterocycles. The van der Waals surface area contributed by atoms with Gasteiger partial charge in [-0.05, 0) is 31.5 Å². The minimum absolute atomic E-state index is 0.0982. The van der Waals surface area contributed by atoms with Gasteiger partial charge < -0.3 is 13.9 Å². The van der Waals surface area contributed by atoms with E-state index in [1.54, 1.807) is 26.2 Å². The normalized spacial score (nSPS) is 9.76. The van der Waals surface area contributed by atoms with Crippen LogP contribution in [0.5, 0.6) is 5.75 Å². The zero-order valence-corrected chi connectivity index (χ0v) is 13.0. The Hall–Kier alpha value is -2.30. The molecule has 1 aromatic carbocycles. The number of esters is 1. The third-order valence-corrected chi connectivity index (χ3v) is 2.75. The molecule has 2 aromatic rings. The molecule has 0 saturated carbocycles. The zero-order valence-electron chi connectivity index (χ0n) is 13.0. The van der Waals surface area contributed by atoms with Crippen LogP contribution in [0.1, 0.15) is 36.7 Å². The molecule has 0 saturated heterocycles. The summed E-state index contributed by atoms with van der Waals surface area (Å²) in [6, 6.07) is 4.90. The first-order valence-corrected chi connectivity index (χ1v) is 6.86. The lowest BCUT2D eigenvalue weighted by molar-refractivity contribution is 0.0522. The van der Waals surface area contributed by atoms with E-state index < -0.39 is 11.6 Å². The quantitative estimate of drug-likeness (QED) is 0.641. The van der Waals surface area contributed by atoms with Crippen LogP contribution >= 0.6 is 0 Å². The fourth-order valence-corrected chi connectivity index (χ4v) is 1.83. The molecule has 0 bridgehead atoms. The summed E-state index contributed by atoms with van der Waals surface area (Å²) in [6.45, 7) is 7.75. The van der Waals surface area contributed by atoms with Gasteiger partial charge in [-0.2, -0.15) is 0 Å². The van der Waals surface area contributed by atoms with Gasteiger partial charge in [0.25, 0.3) is 0 Å². The average Bonchev–Trinajstić information content (AvgIpc) is 2.48. The molecule has 0 spiro atoms. The molecular weight excluding hydrogens is 272 g/mol. The Morgan fingerprint density at radius 1 is 1.24 bits per heavy atom. The Kier molecular flexibility index (Phi) is 5.96. The summed E-state index contributed by atoms with van der Waals surface area (Å²) in [4.78, 5) is 23.3. The number of aryl methyl sites for hydroxylation is 1. The lowest BCUT2D eigenvalue weighted by Gasteiger charge is -2.07. The van der Waals surface area contributed by atoms with Crippen LogP contribution in [0.2, 0.25) is 0 Å². The maximum atomic E-state index is 11.7. The number of carbonyl (C=O) groups is 1. The van der Waals surface area contributed by atoms with E-state index in [9.17, 15) is 9.59 Å². The van der Waals surface area contributed by atoms with Crippen LogP contribution in [0.3, 0.4) is 0 Å². The van der Waals surface area contributed by atoms with Gasteiger partial charge in [-0.3, -0.25) is 0 Å². The summed E-state index contributed by atoms with van der Waals surface area (Å²) >= 11 is 0. The molecule has 114 valence electrons. The lowest BCUT2D eigenvalue weighted by atomic mass is 10.1. The van der Waals surface area contributed by atoms with E-state index in [0.29, 0.717) is 16.7 Å². The van der Waals surface area contributed by atoms with Gasteiger partial charge in [-0.15, -0.1) is 0 Å². The van der Waals surface area contributed by atoms with E-state index in [1.165, 1.54) is 6.07 Å². The van der Waals surface area contributed by atoms with Crippen LogP contribution < -0.4 is 10.4 Å². The van der Waals surface area contributed by atoms with Crippen molar-refractivity contribution in [1.29, 1.82) is 0 Å². The minimum atomic E-state index is -0.711. The van der Waals surface area contributed by atoms with Crippen LogP contribution in [-0.2, 0) is 4.74 Å². The smallest absolute Gasteiger partial charge is 0.351 e. The fraction of sp³-hybridized carbons (Fsp3) is 0.375. The van der Waals surface area contributed by atoms with Gasteiger partial charge in [-0.1, -0.05) is 13.8 Å². The second-order valence-electron chi connectivity index (χ2n) is 4.03. The summed E-state index contributed by atoms with van der Waals surface area (Å²) in [5, 5.41) is 0.654. The van der Waals surface area contributed by atoms with Crippen molar-refractivity contribution < 1.29 is 18.7 Å². The zero-order chi connectivity index (χ0) is 16.0. The first kappa shape index (κ1) is 16.8. The standard InChI is InChI=1S/C14H14O5.C2H6/c1-4-18-13(15)10-6-9-5-8(2)11(17-3)7-12(9)19-14(10)16;1-2/h5-7H,4H2,1-3H3;1-2H3. The maximum absolute atomic E-state index is 11.7. The van der Waals surface area contributed by atoms with E-state index in [2.05, 4.69) is 0 Å². The molecule has 0 fully saturated rings. The van der Waals surface area contributed by atoms with Crippen molar-refractivity contribution in [3.05, 3.63) is 39.7 Å². The number of hydrogen-bond donors (Lipinski definition) is 0. The van der Waals surface area contributed by atoms with Crippen molar-refractivity contribution in [2.24, 2.45) is 0 Å². The Morgan fingerprint density at radius 2 is 1.90 bits per heavy atom.